The van der Waals surface area contributed by atoms with Crippen LogP contribution >= 0.6 is 19.5 Å². The number of thioether (sulfide) groups is 1. The molecule has 4 nitrogen and oxygen atoms in total. The van der Waals surface area contributed by atoms with Gasteiger partial charge in [0.15, 0.2) is 0 Å². The van der Waals surface area contributed by atoms with Crippen molar-refractivity contribution in [1.29, 1.82) is 0 Å². The zero-order valence-corrected chi connectivity index (χ0v) is 12.7. The molecule has 1 rings (SSSR count). The van der Waals surface area contributed by atoms with Crippen molar-refractivity contribution >= 4 is 25.1 Å². The molecule has 0 saturated heterocycles. The summed E-state index contributed by atoms with van der Waals surface area (Å²) in [6, 6.07) is 8.34. The Labute approximate surface area is 118 Å². The summed E-state index contributed by atoms with van der Waals surface area (Å²) in [5.74, 6) is 0.665. The molecule has 19 heavy (non-hydrogen) atoms. The first-order valence-corrected chi connectivity index (χ1v) is 8.91. The van der Waals surface area contributed by atoms with Crippen molar-refractivity contribution in [2.24, 2.45) is 4.76 Å². The van der Waals surface area contributed by atoms with E-state index in [1.54, 1.807) is 0 Å². The van der Waals surface area contributed by atoms with Gasteiger partial charge in [-0.3, -0.25) is 0 Å². The molecule has 0 bridgehead atoms. The second-order valence-corrected chi connectivity index (χ2v) is 6.41. The van der Waals surface area contributed by atoms with Crippen LogP contribution < -0.4 is 0 Å². The van der Waals surface area contributed by atoms with E-state index in [1.165, 1.54) is 42.1 Å². The Kier molecular flexibility index (Phi) is 7.39. The van der Waals surface area contributed by atoms with E-state index in [0.29, 0.717) is 5.75 Å². The highest BCUT2D eigenvalue weighted by Crippen LogP contribution is 2.36. The average Bonchev–Trinajstić information content (AvgIpc) is 2.36. The number of aryl methyl sites for hydroxylation is 1. The van der Waals surface area contributed by atoms with Crippen LogP contribution in [0.15, 0.2) is 29.0 Å². The minimum Gasteiger partial charge on any atom is -0.307 e. The summed E-state index contributed by atoms with van der Waals surface area (Å²) >= 11 is 1.28. The van der Waals surface area contributed by atoms with Crippen LogP contribution in [0.25, 0.3) is 0 Å². The lowest BCUT2D eigenvalue weighted by Crippen LogP contribution is -1.87. The normalized spacial score (nSPS) is 12.2. The van der Waals surface area contributed by atoms with Gasteiger partial charge in [-0.15, -0.1) is 11.8 Å². The highest BCUT2D eigenvalue weighted by Gasteiger charge is 2.06. The largest absolute Gasteiger partial charge is 0.449 e. The smallest absolute Gasteiger partial charge is 0.307 e. The predicted molar refractivity (Wildman–Crippen MR) is 81.5 cm³/mol. The number of unbranched alkanes of at least 4 members (excludes halogenated alkanes) is 2. The molecule has 6 heteroatoms. The first-order valence-electron chi connectivity index (χ1n) is 6.30. The van der Waals surface area contributed by atoms with E-state index in [1.807, 2.05) is 0 Å². The minimum atomic E-state index is -4.26. The summed E-state index contributed by atoms with van der Waals surface area (Å²) in [6.07, 6.45) is 4.82. The Hall–Kier alpha value is -0.610. The summed E-state index contributed by atoms with van der Waals surface area (Å²) in [5, 5.41) is 0. The Bertz CT molecular complexity index is 442. The van der Waals surface area contributed by atoms with Crippen LogP contribution in [0.3, 0.4) is 0 Å². The van der Waals surface area contributed by atoms with Gasteiger partial charge in [0.2, 0.25) is 0 Å². The summed E-state index contributed by atoms with van der Waals surface area (Å²) in [4.78, 5) is 17.1. The van der Waals surface area contributed by atoms with Gasteiger partial charge in [0.25, 0.3) is 0 Å². The molecular weight excluding hydrogens is 281 g/mol. The Balaban J connectivity index is 2.36. The van der Waals surface area contributed by atoms with E-state index in [-0.39, 0.29) is 0 Å². The maximum Gasteiger partial charge on any atom is 0.449 e. The van der Waals surface area contributed by atoms with Crippen molar-refractivity contribution in [1.82, 2.24) is 0 Å². The van der Waals surface area contributed by atoms with E-state index >= 15 is 0 Å². The van der Waals surface area contributed by atoms with Gasteiger partial charge in [-0.2, -0.15) is 4.76 Å². The molecule has 0 atom stereocenters. The van der Waals surface area contributed by atoms with Crippen molar-refractivity contribution in [3.8, 4) is 0 Å². The van der Waals surface area contributed by atoms with Gasteiger partial charge in [-0.25, -0.2) is 4.57 Å². The van der Waals surface area contributed by atoms with E-state index in [9.17, 15) is 4.57 Å². The molecule has 1 aromatic rings. The second-order valence-electron chi connectivity index (χ2n) is 4.32. The lowest BCUT2D eigenvalue weighted by atomic mass is 10.1. The molecule has 0 saturated carbocycles. The third-order valence-corrected chi connectivity index (χ3v) is 3.94. The van der Waals surface area contributed by atoms with E-state index in [4.69, 9.17) is 9.79 Å². The third-order valence-electron chi connectivity index (χ3n) is 2.61. The lowest BCUT2D eigenvalue weighted by Gasteiger charge is -2.03. The minimum absolute atomic E-state index is 0.665. The van der Waals surface area contributed by atoms with E-state index < -0.39 is 7.75 Å². The van der Waals surface area contributed by atoms with Crippen molar-refractivity contribution in [2.45, 2.75) is 38.4 Å². The molecule has 0 unspecified atom stereocenters. The van der Waals surface area contributed by atoms with Crippen LogP contribution in [-0.4, -0.2) is 15.3 Å². The highest BCUT2D eigenvalue weighted by molar-refractivity contribution is 8.11. The fourth-order valence-corrected chi connectivity index (χ4v) is 2.83. The Morgan fingerprint density at radius 1 is 1.21 bits per heavy atom. The molecular formula is C13H20NO3PS. The number of rotatable bonds is 8. The quantitative estimate of drug-likeness (QED) is 0.332. The molecule has 106 valence electrons. The molecule has 0 fully saturated rings. The lowest BCUT2D eigenvalue weighted by molar-refractivity contribution is 0.375. The Morgan fingerprint density at radius 3 is 2.42 bits per heavy atom. The Morgan fingerprint density at radius 2 is 1.84 bits per heavy atom. The van der Waals surface area contributed by atoms with Crippen LogP contribution in [0.5, 0.6) is 0 Å². The fourth-order valence-electron chi connectivity index (χ4n) is 1.61. The summed E-state index contributed by atoms with van der Waals surface area (Å²) in [7, 11) is -4.26. The molecule has 0 spiro atoms. The van der Waals surface area contributed by atoms with Crippen LogP contribution in [0.2, 0.25) is 0 Å². The van der Waals surface area contributed by atoms with Crippen molar-refractivity contribution in [3.05, 3.63) is 35.4 Å². The molecule has 0 amide bonds. The molecule has 0 aliphatic heterocycles. The van der Waals surface area contributed by atoms with E-state index in [0.717, 1.165) is 12.0 Å². The van der Waals surface area contributed by atoms with Crippen LogP contribution in [-0.2, 0) is 16.7 Å². The maximum absolute atomic E-state index is 10.5. The van der Waals surface area contributed by atoms with Gasteiger partial charge < -0.3 is 9.79 Å². The van der Waals surface area contributed by atoms with Crippen LogP contribution in [0.1, 0.15) is 37.3 Å². The van der Waals surface area contributed by atoms with Crippen LogP contribution in [0.4, 0.5) is 0 Å². The standard InChI is InChI=1S/C13H20NO3PS/c1-2-3-4-5-12-6-8-13(9-7-12)10-19-11-14-18(15,16)17/h6-9,11H,2-5,10H2,1H3,(H2,15,16,17). The van der Waals surface area contributed by atoms with Crippen molar-refractivity contribution < 1.29 is 14.4 Å². The molecule has 0 heterocycles. The van der Waals surface area contributed by atoms with Gasteiger partial charge in [-0.05, 0) is 24.0 Å². The summed E-state index contributed by atoms with van der Waals surface area (Å²) < 4.78 is 13.6. The zero-order valence-electron chi connectivity index (χ0n) is 11.0. The molecule has 0 aliphatic rings. The topological polar surface area (TPSA) is 69.9 Å². The number of hydrogen-bond acceptors (Lipinski definition) is 2. The predicted octanol–water partition coefficient (Wildman–Crippen LogP) is 3.77. The van der Waals surface area contributed by atoms with Gasteiger partial charge in [0.1, 0.15) is 0 Å². The van der Waals surface area contributed by atoms with Gasteiger partial charge in [0, 0.05) is 5.75 Å². The van der Waals surface area contributed by atoms with Crippen molar-refractivity contribution in [2.75, 3.05) is 0 Å². The van der Waals surface area contributed by atoms with Crippen LogP contribution in [0, 0.1) is 0 Å². The van der Waals surface area contributed by atoms with Gasteiger partial charge in [-0.1, -0.05) is 44.0 Å². The maximum atomic E-state index is 10.5. The molecule has 0 aromatic heterocycles. The number of nitrogens with zero attached hydrogens (tertiary/aromatic N) is 1. The fraction of sp³-hybridized carbons (Fsp3) is 0.462. The number of benzene rings is 1. The van der Waals surface area contributed by atoms with E-state index in [2.05, 4.69) is 36.0 Å². The molecule has 2 N–H and O–H groups in total. The first kappa shape index (κ1) is 16.4. The molecule has 1 aromatic carbocycles. The number of hydrogen-bond donors (Lipinski definition) is 2. The molecule has 0 radical (unpaired) electrons. The third kappa shape index (κ3) is 8.22. The first-order chi connectivity index (χ1) is 9.01. The van der Waals surface area contributed by atoms with Crippen molar-refractivity contribution in [3.63, 3.8) is 0 Å². The zero-order chi connectivity index (χ0) is 14.1. The van der Waals surface area contributed by atoms with Gasteiger partial charge in [0.05, 0.1) is 5.55 Å². The molecule has 0 aliphatic carbocycles. The average molecular weight is 301 g/mol. The highest BCUT2D eigenvalue weighted by atomic mass is 32.2. The summed E-state index contributed by atoms with van der Waals surface area (Å²) in [5.41, 5.74) is 3.68. The summed E-state index contributed by atoms with van der Waals surface area (Å²) in [6.45, 7) is 2.19. The second kappa shape index (κ2) is 8.54. The monoisotopic (exact) mass is 301 g/mol. The SMILES string of the molecule is CCCCCc1ccc(CSC=NP(=O)(O)O)cc1. The van der Waals surface area contributed by atoms with Gasteiger partial charge >= 0.3 is 7.75 Å².